The third-order valence-electron chi connectivity index (χ3n) is 6.84. The predicted octanol–water partition coefficient (Wildman–Crippen LogP) is 5.08. The number of benzene rings is 3. The third kappa shape index (κ3) is 7.09. The fourth-order valence-corrected chi connectivity index (χ4v) is 6.80. The summed E-state index contributed by atoms with van der Waals surface area (Å²) in [7, 11) is -3.99. The van der Waals surface area contributed by atoms with E-state index in [1.165, 1.54) is 17.0 Å². The molecule has 0 aromatic heterocycles. The van der Waals surface area contributed by atoms with Crippen LogP contribution in [0.15, 0.2) is 77.7 Å². The van der Waals surface area contributed by atoms with E-state index < -0.39 is 22.0 Å². The van der Waals surface area contributed by atoms with Gasteiger partial charge in [-0.2, -0.15) is 0 Å². The van der Waals surface area contributed by atoms with E-state index in [0.717, 1.165) is 16.3 Å². The monoisotopic (exact) mass is 615 g/mol. The van der Waals surface area contributed by atoms with Crippen molar-refractivity contribution in [3.63, 3.8) is 0 Å². The largest absolute Gasteiger partial charge is 0.354 e. The van der Waals surface area contributed by atoms with E-state index in [2.05, 4.69) is 5.32 Å². The van der Waals surface area contributed by atoms with Crippen molar-refractivity contribution in [2.75, 3.05) is 13.1 Å². The lowest BCUT2D eigenvalue weighted by Gasteiger charge is -2.32. The highest BCUT2D eigenvalue weighted by Gasteiger charge is 2.40. The summed E-state index contributed by atoms with van der Waals surface area (Å²) in [6, 6.07) is 19.5. The first kappa shape index (κ1) is 30.6. The topological polar surface area (TPSA) is 104 Å². The van der Waals surface area contributed by atoms with Crippen molar-refractivity contribution >= 4 is 50.9 Å². The molecule has 0 saturated heterocycles. The minimum Gasteiger partial charge on any atom is -0.354 e. The molecule has 0 bridgehead atoms. The molecule has 3 amide bonds. The van der Waals surface area contributed by atoms with Crippen LogP contribution in [0, 0.1) is 0 Å². The fraction of sp³-hybridized carbons (Fsp3) is 0.300. The van der Waals surface area contributed by atoms with Gasteiger partial charge in [0.25, 0.3) is 15.9 Å². The Morgan fingerprint density at radius 3 is 2.39 bits per heavy atom. The van der Waals surface area contributed by atoms with Crippen LogP contribution in [0.1, 0.15) is 47.7 Å². The molecule has 1 heterocycles. The molecule has 4 rings (SSSR count). The third-order valence-corrected chi connectivity index (χ3v) is 9.27. The molecule has 3 aromatic rings. The first-order chi connectivity index (χ1) is 19.6. The molecule has 0 fully saturated rings. The lowest BCUT2D eigenvalue weighted by Crippen LogP contribution is -2.50. The second-order valence-corrected chi connectivity index (χ2v) is 12.4. The Morgan fingerprint density at radius 1 is 1.00 bits per heavy atom. The van der Waals surface area contributed by atoms with Crippen molar-refractivity contribution in [2.24, 2.45) is 0 Å². The molecule has 0 spiro atoms. The first-order valence-electron chi connectivity index (χ1n) is 13.3. The molecule has 11 heteroatoms. The van der Waals surface area contributed by atoms with Crippen molar-refractivity contribution in [3.05, 3.63) is 99.5 Å². The number of nitrogens with one attached hydrogen (secondary N) is 1. The van der Waals surface area contributed by atoms with Crippen LogP contribution in [0.4, 0.5) is 0 Å². The molecule has 8 nitrogen and oxygen atoms in total. The Labute approximate surface area is 250 Å². The van der Waals surface area contributed by atoms with Crippen LogP contribution in [-0.4, -0.2) is 54.5 Å². The lowest BCUT2D eigenvalue weighted by molar-refractivity contribution is -0.141. The molecule has 1 atom stereocenters. The Hall–Kier alpha value is -3.40. The van der Waals surface area contributed by atoms with E-state index in [1.807, 2.05) is 37.3 Å². The smallest absolute Gasteiger partial charge is 0.269 e. The summed E-state index contributed by atoms with van der Waals surface area (Å²) in [5.74, 6) is -1.29. The second kappa shape index (κ2) is 13.5. The van der Waals surface area contributed by atoms with Gasteiger partial charge in [0.2, 0.25) is 11.8 Å². The number of carbonyl (C=O) groups is 3. The van der Waals surface area contributed by atoms with E-state index >= 15 is 0 Å². The zero-order valence-electron chi connectivity index (χ0n) is 22.6. The van der Waals surface area contributed by atoms with Crippen molar-refractivity contribution in [2.45, 2.75) is 50.1 Å². The van der Waals surface area contributed by atoms with E-state index in [9.17, 15) is 22.8 Å². The van der Waals surface area contributed by atoms with Crippen LogP contribution < -0.4 is 5.32 Å². The van der Waals surface area contributed by atoms with E-state index in [4.69, 9.17) is 23.2 Å². The Bertz CT molecular complexity index is 1530. The Kier molecular flexibility index (Phi) is 10.1. The number of hydrogen-bond acceptors (Lipinski definition) is 5. The van der Waals surface area contributed by atoms with Crippen LogP contribution in [0.3, 0.4) is 0 Å². The predicted molar refractivity (Wildman–Crippen MR) is 158 cm³/mol. The summed E-state index contributed by atoms with van der Waals surface area (Å²) in [6.45, 7) is 2.26. The van der Waals surface area contributed by atoms with Gasteiger partial charge in [-0.3, -0.25) is 14.4 Å². The van der Waals surface area contributed by atoms with Crippen molar-refractivity contribution in [1.29, 1.82) is 0 Å². The van der Waals surface area contributed by atoms with Gasteiger partial charge in [-0.1, -0.05) is 78.7 Å². The van der Waals surface area contributed by atoms with Crippen molar-refractivity contribution in [3.8, 4) is 0 Å². The van der Waals surface area contributed by atoms with Gasteiger partial charge in [-0.15, -0.1) is 0 Å². The maximum Gasteiger partial charge on any atom is 0.269 e. The normalized spacial score (nSPS) is 14.4. The van der Waals surface area contributed by atoms with E-state index in [0.29, 0.717) is 22.2 Å². The Balaban J connectivity index is 1.58. The summed E-state index contributed by atoms with van der Waals surface area (Å²) >= 11 is 12.5. The molecule has 0 saturated carbocycles. The van der Waals surface area contributed by atoms with Crippen LogP contribution >= 0.6 is 23.2 Å². The van der Waals surface area contributed by atoms with Crippen LogP contribution in [0.2, 0.25) is 10.0 Å². The maximum atomic E-state index is 13.8. The molecule has 0 radical (unpaired) electrons. The van der Waals surface area contributed by atoms with Crippen LogP contribution in [0.25, 0.3) is 0 Å². The summed E-state index contributed by atoms with van der Waals surface area (Å²) in [6.07, 6.45) is 0.980. The number of carbonyl (C=O) groups excluding carboxylic acids is 3. The van der Waals surface area contributed by atoms with Crippen LogP contribution in [0.5, 0.6) is 0 Å². The van der Waals surface area contributed by atoms with Gasteiger partial charge in [-0.25, -0.2) is 12.7 Å². The lowest BCUT2D eigenvalue weighted by atomic mass is 10.0. The minimum absolute atomic E-state index is 0.0362. The molecule has 1 aliphatic rings. The highest BCUT2D eigenvalue weighted by molar-refractivity contribution is 7.90. The molecule has 1 aliphatic heterocycles. The average molecular weight is 617 g/mol. The van der Waals surface area contributed by atoms with Crippen molar-refractivity contribution < 1.29 is 22.8 Å². The summed E-state index contributed by atoms with van der Waals surface area (Å²) in [5.41, 5.74) is 1.60. The molecular weight excluding hydrogens is 585 g/mol. The zero-order valence-corrected chi connectivity index (χ0v) is 24.9. The number of halogens is 2. The van der Waals surface area contributed by atoms with Gasteiger partial charge < -0.3 is 10.2 Å². The number of sulfonamides is 1. The van der Waals surface area contributed by atoms with Gasteiger partial charge in [0.05, 0.1) is 5.56 Å². The number of nitrogens with zero attached hydrogens (tertiary/aromatic N) is 2. The molecule has 3 aromatic carbocycles. The number of hydrogen-bond donors (Lipinski definition) is 1. The van der Waals surface area contributed by atoms with Gasteiger partial charge in [-0.05, 0) is 48.2 Å². The van der Waals surface area contributed by atoms with Gasteiger partial charge in [0, 0.05) is 42.5 Å². The highest BCUT2D eigenvalue weighted by Crippen LogP contribution is 2.30. The maximum absolute atomic E-state index is 13.8. The average Bonchev–Trinajstić information content (AvgIpc) is 3.15. The zero-order chi connectivity index (χ0) is 29.6. The molecule has 216 valence electrons. The SMILES string of the molecule is CCCNC(=O)[C@H](Cc1ccccc1)N(Cc1ccc(Cl)cc1Cl)C(=O)CCCN1C(=O)c2ccccc2S1(=O)=O. The molecule has 0 unspecified atom stereocenters. The molecular formula is C30H31Cl2N3O5S. The second-order valence-electron chi connectivity index (χ2n) is 9.74. The number of amides is 3. The minimum atomic E-state index is -3.99. The van der Waals surface area contributed by atoms with E-state index in [1.54, 1.807) is 30.3 Å². The molecule has 41 heavy (non-hydrogen) atoms. The van der Waals surface area contributed by atoms with Gasteiger partial charge >= 0.3 is 0 Å². The van der Waals surface area contributed by atoms with Gasteiger partial charge in [0.1, 0.15) is 10.9 Å². The van der Waals surface area contributed by atoms with Crippen LogP contribution in [-0.2, 0) is 32.6 Å². The fourth-order valence-electron chi connectivity index (χ4n) is 4.72. The summed E-state index contributed by atoms with van der Waals surface area (Å²) in [4.78, 5) is 41.5. The van der Waals surface area contributed by atoms with Gasteiger partial charge in [0.15, 0.2) is 0 Å². The van der Waals surface area contributed by atoms with E-state index in [-0.39, 0.29) is 54.6 Å². The highest BCUT2D eigenvalue weighted by atomic mass is 35.5. The van der Waals surface area contributed by atoms with Crippen molar-refractivity contribution in [1.82, 2.24) is 14.5 Å². The summed E-state index contributed by atoms with van der Waals surface area (Å²) < 4.78 is 26.7. The summed E-state index contributed by atoms with van der Waals surface area (Å²) in [5, 5.41) is 3.70. The number of fused-ring (bicyclic) bond motifs is 1. The quantitative estimate of drug-likeness (QED) is 0.306. The molecule has 1 N–H and O–H groups in total. The Morgan fingerprint density at radius 2 is 1.71 bits per heavy atom. The molecule has 0 aliphatic carbocycles. The number of rotatable bonds is 12. The first-order valence-corrected chi connectivity index (χ1v) is 15.5. The standard InChI is InChI=1S/C30H31Cl2N3O5S/c1-2-16-33-29(37)26(18-21-9-4-3-5-10-21)34(20-22-14-15-23(31)19-25(22)32)28(36)13-8-17-35-30(38)24-11-6-7-12-27(24)41(35,39)40/h3-7,9-12,14-15,19,26H,2,8,13,16-18,20H2,1H3,(H,33,37)/t26-/m0/s1.